The lowest BCUT2D eigenvalue weighted by Gasteiger charge is -2.20. The van der Waals surface area contributed by atoms with Gasteiger partial charge in [-0.1, -0.05) is 39.7 Å². The normalized spacial score (nSPS) is 12.5. The Morgan fingerprint density at radius 3 is 2.42 bits per heavy atom. The molecule has 0 bridgehead atoms. The van der Waals surface area contributed by atoms with Crippen molar-refractivity contribution >= 4 is 15.9 Å². The molecule has 0 aromatic heterocycles. The predicted octanol–water partition coefficient (Wildman–Crippen LogP) is 4.51. The molecule has 0 fully saturated rings. The maximum atomic E-state index is 13.5. The van der Waals surface area contributed by atoms with E-state index in [1.165, 1.54) is 22.8 Å². The van der Waals surface area contributed by atoms with Crippen LogP contribution >= 0.6 is 15.9 Å². The summed E-state index contributed by atoms with van der Waals surface area (Å²) in [6, 6.07) is 11.3. The molecule has 0 spiro atoms. The minimum Gasteiger partial charge on any atom is -0.309 e. The van der Waals surface area contributed by atoms with Crippen LogP contribution in [0, 0.1) is 19.7 Å². The highest BCUT2D eigenvalue weighted by molar-refractivity contribution is 9.10. The van der Waals surface area contributed by atoms with Crippen molar-refractivity contribution in [2.75, 3.05) is 7.05 Å². The van der Waals surface area contributed by atoms with E-state index in [0.29, 0.717) is 0 Å². The van der Waals surface area contributed by atoms with E-state index in [9.17, 15) is 4.39 Å². The topological polar surface area (TPSA) is 12.0 Å². The van der Waals surface area contributed by atoms with E-state index >= 15 is 0 Å². The molecule has 3 heteroatoms. The highest BCUT2D eigenvalue weighted by Crippen LogP contribution is 2.28. The first-order valence-electron chi connectivity index (χ1n) is 6.21. The Labute approximate surface area is 122 Å². The van der Waals surface area contributed by atoms with Crippen molar-refractivity contribution in [3.05, 3.63) is 68.9 Å². The third kappa shape index (κ3) is 3.23. The molecule has 0 heterocycles. The quantitative estimate of drug-likeness (QED) is 0.876. The van der Waals surface area contributed by atoms with Gasteiger partial charge in [0.1, 0.15) is 5.82 Å². The Kier molecular flexibility index (Phi) is 4.38. The zero-order chi connectivity index (χ0) is 14.0. The molecule has 1 N–H and O–H groups in total. The van der Waals surface area contributed by atoms with Gasteiger partial charge in [-0.25, -0.2) is 4.39 Å². The van der Waals surface area contributed by atoms with Crippen molar-refractivity contribution in [1.82, 2.24) is 5.32 Å². The molecule has 0 aliphatic heterocycles. The molecule has 100 valence electrons. The van der Waals surface area contributed by atoms with Crippen LogP contribution in [-0.4, -0.2) is 7.05 Å². The van der Waals surface area contributed by atoms with Crippen molar-refractivity contribution in [2.45, 2.75) is 19.9 Å². The minimum atomic E-state index is -0.227. The number of nitrogens with one attached hydrogen (secondary N) is 1. The third-order valence-electron chi connectivity index (χ3n) is 3.24. The minimum absolute atomic E-state index is 0.00685. The summed E-state index contributed by atoms with van der Waals surface area (Å²) in [4.78, 5) is 0. The maximum Gasteiger partial charge on any atom is 0.124 e. The molecule has 0 aliphatic carbocycles. The molecule has 19 heavy (non-hydrogen) atoms. The molecule has 0 aliphatic rings. The summed E-state index contributed by atoms with van der Waals surface area (Å²) in [5.41, 5.74) is 4.53. The maximum absolute atomic E-state index is 13.5. The Morgan fingerprint density at radius 2 is 1.84 bits per heavy atom. The summed E-state index contributed by atoms with van der Waals surface area (Å²) >= 11 is 3.35. The molecule has 2 aromatic rings. The van der Waals surface area contributed by atoms with Gasteiger partial charge in [0.15, 0.2) is 0 Å². The van der Waals surface area contributed by atoms with Crippen LogP contribution in [0.25, 0.3) is 0 Å². The summed E-state index contributed by atoms with van der Waals surface area (Å²) in [7, 11) is 1.89. The van der Waals surface area contributed by atoms with Crippen LogP contribution in [0.15, 0.2) is 40.9 Å². The highest BCUT2D eigenvalue weighted by Gasteiger charge is 2.15. The number of aryl methyl sites for hydroxylation is 2. The standard InChI is InChI=1S/C16H17BrFN/c1-10-4-5-15(11(2)6-10)16(19-3)12-7-13(17)9-14(18)8-12/h4-9,16,19H,1-3H3. The van der Waals surface area contributed by atoms with E-state index < -0.39 is 0 Å². The van der Waals surface area contributed by atoms with Crippen LogP contribution in [0.1, 0.15) is 28.3 Å². The smallest absolute Gasteiger partial charge is 0.124 e. The van der Waals surface area contributed by atoms with E-state index in [1.807, 2.05) is 13.1 Å². The van der Waals surface area contributed by atoms with Crippen molar-refractivity contribution < 1.29 is 4.39 Å². The third-order valence-corrected chi connectivity index (χ3v) is 3.70. The van der Waals surface area contributed by atoms with Gasteiger partial charge in [-0.2, -0.15) is 0 Å². The van der Waals surface area contributed by atoms with Crippen molar-refractivity contribution in [3.8, 4) is 0 Å². The van der Waals surface area contributed by atoms with Gasteiger partial charge in [-0.05, 0) is 55.8 Å². The fourth-order valence-electron chi connectivity index (χ4n) is 2.39. The van der Waals surface area contributed by atoms with E-state index in [4.69, 9.17) is 0 Å². The van der Waals surface area contributed by atoms with Crippen LogP contribution in [0.3, 0.4) is 0 Å². The lowest BCUT2D eigenvalue weighted by Crippen LogP contribution is -2.19. The van der Waals surface area contributed by atoms with Gasteiger partial charge in [0.25, 0.3) is 0 Å². The first kappa shape index (κ1) is 14.2. The summed E-state index contributed by atoms with van der Waals surface area (Å²) in [5, 5.41) is 3.26. The predicted molar refractivity (Wildman–Crippen MR) is 80.9 cm³/mol. The molecule has 0 saturated heterocycles. The lowest BCUT2D eigenvalue weighted by atomic mass is 9.94. The summed E-state index contributed by atoms with van der Waals surface area (Å²) < 4.78 is 14.3. The van der Waals surface area contributed by atoms with Gasteiger partial charge in [0.2, 0.25) is 0 Å². The molecule has 0 radical (unpaired) electrons. The number of rotatable bonds is 3. The molecule has 1 nitrogen and oxygen atoms in total. The average molecular weight is 322 g/mol. The fourth-order valence-corrected chi connectivity index (χ4v) is 2.88. The molecule has 1 atom stereocenters. The largest absolute Gasteiger partial charge is 0.309 e. The van der Waals surface area contributed by atoms with Gasteiger partial charge < -0.3 is 5.32 Å². The van der Waals surface area contributed by atoms with E-state index in [-0.39, 0.29) is 11.9 Å². The van der Waals surface area contributed by atoms with Gasteiger partial charge in [0, 0.05) is 4.47 Å². The van der Waals surface area contributed by atoms with Crippen molar-refractivity contribution in [1.29, 1.82) is 0 Å². The first-order valence-corrected chi connectivity index (χ1v) is 7.01. The van der Waals surface area contributed by atoms with Gasteiger partial charge in [0.05, 0.1) is 6.04 Å². The molecule has 1 unspecified atom stereocenters. The molecule has 2 aromatic carbocycles. The molecular weight excluding hydrogens is 305 g/mol. The second kappa shape index (κ2) is 5.85. The monoisotopic (exact) mass is 321 g/mol. The Bertz CT molecular complexity index is 575. The molecule has 0 amide bonds. The fraction of sp³-hybridized carbons (Fsp3) is 0.250. The van der Waals surface area contributed by atoms with E-state index in [1.54, 1.807) is 6.07 Å². The highest BCUT2D eigenvalue weighted by atomic mass is 79.9. The van der Waals surface area contributed by atoms with Gasteiger partial charge in [-0.15, -0.1) is 0 Å². The first-order chi connectivity index (χ1) is 9.01. The number of halogens is 2. The van der Waals surface area contributed by atoms with Crippen LogP contribution < -0.4 is 5.32 Å². The Morgan fingerprint density at radius 1 is 1.11 bits per heavy atom. The SMILES string of the molecule is CNC(c1cc(F)cc(Br)c1)c1ccc(C)cc1C. The van der Waals surface area contributed by atoms with E-state index in [0.717, 1.165) is 10.0 Å². The van der Waals surface area contributed by atoms with Crippen LogP contribution in [0.5, 0.6) is 0 Å². The molecule has 2 rings (SSSR count). The van der Waals surface area contributed by atoms with Gasteiger partial charge in [-0.3, -0.25) is 0 Å². The number of benzene rings is 2. The average Bonchev–Trinajstić information content (AvgIpc) is 2.31. The van der Waals surface area contributed by atoms with Gasteiger partial charge >= 0.3 is 0 Å². The molecular formula is C16H17BrFN. The molecule has 0 saturated carbocycles. The second-order valence-corrected chi connectivity index (χ2v) is 5.70. The second-order valence-electron chi connectivity index (χ2n) is 4.78. The summed E-state index contributed by atoms with van der Waals surface area (Å²) in [6.07, 6.45) is 0. The van der Waals surface area contributed by atoms with Crippen LogP contribution in [0.2, 0.25) is 0 Å². The lowest BCUT2D eigenvalue weighted by molar-refractivity contribution is 0.615. The summed E-state index contributed by atoms with van der Waals surface area (Å²) in [6.45, 7) is 4.16. The van der Waals surface area contributed by atoms with Crippen molar-refractivity contribution in [2.24, 2.45) is 0 Å². The number of hydrogen-bond acceptors (Lipinski definition) is 1. The van der Waals surface area contributed by atoms with Crippen LogP contribution in [0.4, 0.5) is 4.39 Å². The summed E-state index contributed by atoms with van der Waals surface area (Å²) in [5.74, 6) is -0.227. The van der Waals surface area contributed by atoms with Crippen LogP contribution in [-0.2, 0) is 0 Å². The Balaban J connectivity index is 2.49. The number of hydrogen-bond donors (Lipinski definition) is 1. The van der Waals surface area contributed by atoms with E-state index in [2.05, 4.69) is 53.3 Å². The zero-order valence-corrected chi connectivity index (χ0v) is 12.9. The van der Waals surface area contributed by atoms with Crippen molar-refractivity contribution in [3.63, 3.8) is 0 Å². The Hall–Kier alpha value is -1.19. The zero-order valence-electron chi connectivity index (χ0n) is 11.3.